The lowest BCUT2D eigenvalue weighted by Crippen LogP contribution is -2.46. The summed E-state index contributed by atoms with van der Waals surface area (Å²) in [7, 11) is 0. The first kappa shape index (κ1) is 25.7. The Kier molecular flexibility index (Phi) is 8.59. The standard InChI is InChI=1S/C28H36N4O4/c1-2-3-5-10-26(33)30-25(27(34)35)18-24-19-31(22-8-6-4-7-9-22)28(36)32(24)23-12-11-20-13-15-29-16-14-21(20)17-23/h4,6-9,11-12,17,24-25,29H,2-3,5,10,13-16,18-19H2,1H3,(H,30,33)(H,34,35). The molecule has 4 rings (SSSR count). The Labute approximate surface area is 212 Å². The Morgan fingerprint density at radius 2 is 1.81 bits per heavy atom. The van der Waals surface area contributed by atoms with Crippen molar-refractivity contribution in [1.82, 2.24) is 10.6 Å². The van der Waals surface area contributed by atoms with E-state index in [2.05, 4.69) is 29.7 Å². The fraction of sp³-hybridized carbons (Fsp3) is 0.464. The van der Waals surface area contributed by atoms with Crippen molar-refractivity contribution in [2.24, 2.45) is 0 Å². The summed E-state index contributed by atoms with van der Waals surface area (Å²) in [6.45, 7) is 4.21. The van der Waals surface area contributed by atoms with E-state index in [-0.39, 0.29) is 18.4 Å². The van der Waals surface area contributed by atoms with E-state index in [0.29, 0.717) is 13.0 Å². The van der Waals surface area contributed by atoms with Crippen molar-refractivity contribution in [1.29, 1.82) is 0 Å². The maximum absolute atomic E-state index is 13.7. The Hall–Kier alpha value is -3.39. The molecule has 1 saturated heterocycles. The van der Waals surface area contributed by atoms with E-state index in [1.807, 2.05) is 36.4 Å². The molecule has 36 heavy (non-hydrogen) atoms. The van der Waals surface area contributed by atoms with E-state index in [0.717, 1.165) is 56.6 Å². The van der Waals surface area contributed by atoms with Gasteiger partial charge in [-0.2, -0.15) is 0 Å². The van der Waals surface area contributed by atoms with E-state index in [9.17, 15) is 19.5 Å². The van der Waals surface area contributed by atoms with Crippen LogP contribution in [0.15, 0.2) is 48.5 Å². The number of aliphatic carboxylic acids is 1. The van der Waals surface area contributed by atoms with Crippen LogP contribution < -0.4 is 20.4 Å². The number of hydrogen-bond acceptors (Lipinski definition) is 4. The third-order valence-electron chi connectivity index (χ3n) is 7.02. The fourth-order valence-electron chi connectivity index (χ4n) is 5.09. The van der Waals surface area contributed by atoms with Gasteiger partial charge in [0.15, 0.2) is 0 Å². The normalized spacial score (nSPS) is 18.5. The zero-order chi connectivity index (χ0) is 25.5. The first-order valence-electron chi connectivity index (χ1n) is 13.0. The van der Waals surface area contributed by atoms with Gasteiger partial charge in [0.2, 0.25) is 5.91 Å². The second-order valence-electron chi connectivity index (χ2n) is 9.61. The van der Waals surface area contributed by atoms with E-state index < -0.39 is 18.1 Å². The quantitative estimate of drug-likeness (QED) is 0.439. The van der Waals surface area contributed by atoms with Crippen LogP contribution in [0.3, 0.4) is 0 Å². The molecule has 3 N–H and O–H groups in total. The van der Waals surface area contributed by atoms with E-state index >= 15 is 0 Å². The summed E-state index contributed by atoms with van der Waals surface area (Å²) >= 11 is 0. The average Bonchev–Trinajstić information content (AvgIpc) is 3.03. The van der Waals surface area contributed by atoms with Gasteiger partial charge < -0.3 is 15.7 Å². The highest BCUT2D eigenvalue weighted by atomic mass is 16.4. The predicted molar refractivity (Wildman–Crippen MR) is 140 cm³/mol. The van der Waals surface area contributed by atoms with Crippen molar-refractivity contribution in [3.8, 4) is 0 Å². The Morgan fingerprint density at radius 1 is 1.06 bits per heavy atom. The van der Waals surface area contributed by atoms with Gasteiger partial charge in [0.1, 0.15) is 6.04 Å². The van der Waals surface area contributed by atoms with Crippen LogP contribution >= 0.6 is 0 Å². The second-order valence-corrected chi connectivity index (χ2v) is 9.61. The van der Waals surface area contributed by atoms with Gasteiger partial charge in [-0.3, -0.25) is 14.6 Å². The van der Waals surface area contributed by atoms with Crippen molar-refractivity contribution in [2.75, 3.05) is 29.4 Å². The van der Waals surface area contributed by atoms with Crippen molar-refractivity contribution < 1.29 is 19.5 Å². The van der Waals surface area contributed by atoms with E-state index in [1.165, 1.54) is 11.1 Å². The summed E-state index contributed by atoms with van der Waals surface area (Å²) in [5.41, 5.74) is 4.02. The van der Waals surface area contributed by atoms with Crippen LogP contribution in [0, 0.1) is 0 Å². The molecule has 0 aromatic heterocycles. The number of rotatable bonds is 10. The monoisotopic (exact) mass is 492 g/mol. The van der Waals surface area contributed by atoms with Crippen molar-refractivity contribution >= 4 is 29.3 Å². The number of nitrogens with one attached hydrogen (secondary N) is 2. The lowest BCUT2D eigenvalue weighted by atomic mass is 10.0. The Bertz CT molecular complexity index is 1070. The number of urea groups is 1. The molecular formula is C28H36N4O4. The molecule has 192 valence electrons. The van der Waals surface area contributed by atoms with Gasteiger partial charge in [0.05, 0.1) is 6.04 Å². The molecule has 0 aliphatic carbocycles. The molecule has 0 spiro atoms. The number of hydrogen-bond donors (Lipinski definition) is 3. The molecular weight excluding hydrogens is 456 g/mol. The molecule has 2 aliphatic heterocycles. The highest BCUT2D eigenvalue weighted by molar-refractivity contribution is 6.07. The van der Waals surface area contributed by atoms with Gasteiger partial charge >= 0.3 is 12.0 Å². The molecule has 8 nitrogen and oxygen atoms in total. The van der Waals surface area contributed by atoms with Crippen LogP contribution in [0.25, 0.3) is 0 Å². The molecule has 2 atom stereocenters. The number of para-hydroxylation sites is 1. The molecule has 1 fully saturated rings. The van der Waals surface area contributed by atoms with Crippen LogP contribution in [0.1, 0.15) is 50.2 Å². The lowest BCUT2D eigenvalue weighted by Gasteiger charge is -2.27. The SMILES string of the molecule is CCCCCC(=O)NC(CC1CN(c2ccccc2)C(=O)N1c1ccc2c(c1)CCNCC2)C(=O)O. The zero-order valence-corrected chi connectivity index (χ0v) is 20.9. The molecule has 0 saturated carbocycles. The zero-order valence-electron chi connectivity index (χ0n) is 20.9. The number of carboxylic acids is 1. The number of nitrogens with zero attached hydrogens (tertiary/aromatic N) is 2. The number of anilines is 2. The number of unbranched alkanes of at least 4 members (excludes halogenated alkanes) is 2. The summed E-state index contributed by atoms with van der Waals surface area (Å²) in [6, 6.07) is 13.9. The van der Waals surface area contributed by atoms with E-state index in [4.69, 9.17) is 0 Å². The second kappa shape index (κ2) is 12.0. The Balaban J connectivity index is 1.60. The number of carbonyl (C=O) groups excluding carboxylic acids is 2. The summed E-state index contributed by atoms with van der Waals surface area (Å²) in [4.78, 5) is 41.7. The Morgan fingerprint density at radius 3 is 2.53 bits per heavy atom. The number of carboxylic acid groups (broad SMARTS) is 1. The molecule has 2 aromatic rings. The van der Waals surface area contributed by atoms with Crippen LogP contribution in [0.4, 0.5) is 16.2 Å². The molecule has 2 aromatic carbocycles. The van der Waals surface area contributed by atoms with Crippen molar-refractivity contribution in [3.63, 3.8) is 0 Å². The van der Waals surface area contributed by atoms with Crippen LogP contribution in [0.5, 0.6) is 0 Å². The summed E-state index contributed by atoms with van der Waals surface area (Å²) in [6.07, 6.45) is 4.89. The summed E-state index contributed by atoms with van der Waals surface area (Å²) in [5, 5.41) is 16.0. The largest absolute Gasteiger partial charge is 0.480 e. The van der Waals surface area contributed by atoms with Gasteiger partial charge in [-0.05, 0) is 67.7 Å². The van der Waals surface area contributed by atoms with Gasteiger partial charge in [0.25, 0.3) is 0 Å². The predicted octanol–water partition coefficient (Wildman–Crippen LogP) is 3.73. The average molecular weight is 493 g/mol. The minimum atomic E-state index is -1.09. The maximum atomic E-state index is 13.7. The number of amides is 3. The van der Waals surface area contributed by atoms with Crippen LogP contribution in [-0.2, 0) is 22.4 Å². The lowest BCUT2D eigenvalue weighted by molar-refractivity contribution is -0.142. The van der Waals surface area contributed by atoms with E-state index in [1.54, 1.807) is 9.80 Å². The minimum absolute atomic E-state index is 0.128. The smallest absolute Gasteiger partial charge is 0.329 e. The third-order valence-corrected chi connectivity index (χ3v) is 7.02. The van der Waals surface area contributed by atoms with Crippen molar-refractivity contribution in [3.05, 3.63) is 59.7 Å². The highest BCUT2D eigenvalue weighted by Crippen LogP contribution is 2.32. The van der Waals surface area contributed by atoms with Gasteiger partial charge in [0, 0.05) is 30.8 Å². The molecule has 2 unspecified atom stereocenters. The highest BCUT2D eigenvalue weighted by Gasteiger charge is 2.41. The van der Waals surface area contributed by atoms with Crippen LogP contribution in [-0.4, -0.2) is 54.7 Å². The maximum Gasteiger partial charge on any atom is 0.329 e. The van der Waals surface area contributed by atoms with Crippen LogP contribution in [0.2, 0.25) is 0 Å². The molecule has 0 bridgehead atoms. The summed E-state index contributed by atoms with van der Waals surface area (Å²) < 4.78 is 0. The molecule has 3 amide bonds. The number of fused-ring (bicyclic) bond motifs is 1. The minimum Gasteiger partial charge on any atom is -0.480 e. The first-order chi connectivity index (χ1) is 17.5. The summed E-state index contributed by atoms with van der Waals surface area (Å²) in [5.74, 6) is -1.35. The molecule has 0 radical (unpaired) electrons. The first-order valence-corrected chi connectivity index (χ1v) is 13.0. The van der Waals surface area contributed by atoms with Gasteiger partial charge in [-0.25, -0.2) is 9.59 Å². The number of carbonyl (C=O) groups is 3. The third kappa shape index (κ3) is 6.05. The van der Waals surface area contributed by atoms with Gasteiger partial charge in [-0.1, -0.05) is 44.0 Å². The molecule has 2 aliphatic rings. The fourth-order valence-corrected chi connectivity index (χ4v) is 5.09. The number of benzene rings is 2. The van der Waals surface area contributed by atoms with Crippen molar-refractivity contribution in [2.45, 2.75) is 64.0 Å². The molecule has 2 heterocycles. The van der Waals surface area contributed by atoms with Gasteiger partial charge in [-0.15, -0.1) is 0 Å². The molecule has 8 heteroatoms. The topological polar surface area (TPSA) is 102 Å².